The average Bonchev–Trinajstić information content (AvgIpc) is 2.24. The molecule has 1 fully saturated rings. The molecule has 0 bridgehead atoms. The largest absolute Gasteiger partial charge is 0.465 e. The van der Waals surface area contributed by atoms with E-state index in [0.29, 0.717) is 18.2 Å². The zero-order chi connectivity index (χ0) is 10.7. The number of esters is 1. The van der Waals surface area contributed by atoms with Crippen LogP contribution in [0.15, 0.2) is 18.3 Å². The molecule has 1 aromatic rings. The number of carbonyl (C=O) groups is 1. The zero-order valence-electron chi connectivity index (χ0n) is 8.28. The first-order chi connectivity index (χ1) is 7.27. The summed E-state index contributed by atoms with van der Waals surface area (Å²) in [5.41, 5.74) is 0.919. The molecule has 1 atom stereocenters. The maximum Gasteiger partial charge on any atom is 0.309 e. The smallest absolute Gasteiger partial charge is 0.309 e. The molecule has 0 aromatic carbocycles. The van der Waals surface area contributed by atoms with Gasteiger partial charge in [-0.05, 0) is 30.9 Å². The number of ether oxygens (including phenoxy) is 1. The SMILES string of the molecule is O=C1OCCCC1Cc1cccnc1Cl. The second kappa shape index (κ2) is 4.62. The number of carbonyl (C=O) groups excluding carboxylic acids is 1. The summed E-state index contributed by atoms with van der Waals surface area (Å²) in [5.74, 6) is -0.165. The lowest BCUT2D eigenvalue weighted by atomic mass is 9.94. The molecule has 1 aromatic heterocycles. The first-order valence-corrected chi connectivity index (χ1v) is 5.41. The summed E-state index contributed by atoms with van der Waals surface area (Å²) in [6.07, 6.45) is 4.09. The standard InChI is InChI=1S/C11H12ClNO2/c12-10-8(3-1-5-13-10)7-9-4-2-6-15-11(9)14/h1,3,5,9H,2,4,6-7H2. The highest BCUT2D eigenvalue weighted by atomic mass is 35.5. The van der Waals surface area contributed by atoms with Gasteiger partial charge in [0.1, 0.15) is 5.15 Å². The van der Waals surface area contributed by atoms with Crippen molar-refractivity contribution in [1.29, 1.82) is 0 Å². The van der Waals surface area contributed by atoms with Crippen LogP contribution in [-0.2, 0) is 16.0 Å². The highest BCUT2D eigenvalue weighted by Gasteiger charge is 2.24. The van der Waals surface area contributed by atoms with Gasteiger partial charge < -0.3 is 4.74 Å². The van der Waals surface area contributed by atoms with Crippen molar-refractivity contribution < 1.29 is 9.53 Å². The number of rotatable bonds is 2. The predicted molar refractivity (Wildman–Crippen MR) is 56.6 cm³/mol. The Balaban J connectivity index is 2.08. The molecule has 0 saturated carbocycles. The van der Waals surface area contributed by atoms with Crippen molar-refractivity contribution in [3.05, 3.63) is 29.0 Å². The van der Waals surface area contributed by atoms with Crippen molar-refractivity contribution in [2.24, 2.45) is 5.92 Å². The van der Waals surface area contributed by atoms with E-state index in [9.17, 15) is 4.79 Å². The van der Waals surface area contributed by atoms with Crippen LogP contribution in [0, 0.1) is 5.92 Å². The Kier molecular flexibility index (Phi) is 3.21. The van der Waals surface area contributed by atoms with Gasteiger partial charge in [-0.1, -0.05) is 17.7 Å². The fraction of sp³-hybridized carbons (Fsp3) is 0.455. The van der Waals surface area contributed by atoms with Crippen molar-refractivity contribution >= 4 is 17.6 Å². The van der Waals surface area contributed by atoms with Gasteiger partial charge in [-0.2, -0.15) is 0 Å². The molecule has 2 rings (SSSR count). The van der Waals surface area contributed by atoms with Crippen LogP contribution in [0.1, 0.15) is 18.4 Å². The second-order valence-corrected chi connectivity index (χ2v) is 4.02. The van der Waals surface area contributed by atoms with E-state index in [-0.39, 0.29) is 11.9 Å². The van der Waals surface area contributed by atoms with E-state index in [1.54, 1.807) is 6.20 Å². The summed E-state index contributed by atoms with van der Waals surface area (Å²) in [6, 6.07) is 3.73. The second-order valence-electron chi connectivity index (χ2n) is 3.66. The number of aromatic nitrogens is 1. The summed E-state index contributed by atoms with van der Waals surface area (Å²) < 4.78 is 5.00. The maximum atomic E-state index is 11.4. The third kappa shape index (κ3) is 2.48. The minimum absolute atomic E-state index is 0.0551. The minimum Gasteiger partial charge on any atom is -0.465 e. The van der Waals surface area contributed by atoms with E-state index in [0.717, 1.165) is 18.4 Å². The molecule has 0 radical (unpaired) electrons. The van der Waals surface area contributed by atoms with Crippen molar-refractivity contribution in [2.45, 2.75) is 19.3 Å². The molecule has 80 valence electrons. The van der Waals surface area contributed by atoms with E-state index >= 15 is 0 Å². The molecule has 0 amide bonds. The summed E-state index contributed by atoms with van der Waals surface area (Å²) in [7, 11) is 0. The number of nitrogens with zero attached hydrogens (tertiary/aromatic N) is 1. The first kappa shape index (κ1) is 10.4. The monoisotopic (exact) mass is 225 g/mol. The number of halogens is 1. The van der Waals surface area contributed by atoms with Crippen molar-refractivity contribution in [1.82, 2.24) is 4.98 Å². The minimum atomic E-state index is -0.110. The van der Waals surface area contributed by atoms with Crippen LogP contribution in [0.5, 0.6) is 0 Å². The Labute approximate surface area is 93.4 Å². The van der Waals surface area contributed by atoms with E-state index in [1.807, 2.05) is 12.1 Å². The van der Waals surface area contributed by atoms with Crippen LogP contribution >= 0.6 is 11.6 Å². The van der Waals surface area contributed by atoms with Crippen LogP contribution in [0.25, 0.3) is 0 Å². The highest BCUT2D eigenvalue weighted by molar-refractivity contribution is 6.30. The Morgan fingerprint density at radius 3 is 3.20 bits per heavy atom. The van der Waals surface area contributed by atoms with E-state index in [1.165, 1.54) is 0 Å². The van der Waals surface area contributed by atoms with Crippen LogP contribution < -0.4 is 0 Å². The van der Waals surface area contributed by atoms with Gasteiger partial charge in [0.25, 0.3) is 0 Å². The number of hydrogen-bond acceptors (Lipinski definition) is 3. The fourth-order valence-electron chi connectivity index (χ4n) is 1.76. The van der Waals surface area contributed by atoms with Crippen LogP contribution in [-0.4, -0.2) is 17.6 Å². The molecule has 0 spiro atoms. The van der Waals surface area contributed by atoms with Gasteiger partial charge in [0.2, 0.25) is 0 Å². The van der Waals surface area contributed by atoms with Gasteiger partial charge >= 0.3 is 5.97 Å². The summed E-state index contributed by atoms with van der Waals surface area (Å²) in [5, 5.41) is 0.482. The predicted octanol–water partition coefficient (Wildman–Crippen LogP) is 2.23. The third-order valence-corrected chi connectivity index (χ3v) is 2.92. The van der Waals surface area contributed by atoms with Gasteiger partial charge in [0.15, 0.2) is 0 Å². The lowest BCUT2D eigenvalue weighted by Gasteiger charge is -2.20. The number of hydrogen-bond donors (Lipinski definition) is 0. The molecular weight excluding hydrogens is 214 g/mol. The van der Waals surface area contributed by atoms with Gasteiger partial charge in [-0.15, -0.1) is 0 Å². The van der Waals surface area contributed by atoms with Crippen molar-refractivity contribution in [3.63, 3.8) is 0 Å². The first-order valence-electron chi connectivity index (χ1n) is 5.03. The molecule has 1 saturated heterocycles. The zero-order valence-corrected chi connectivity index (χ0v) is 9.04. The highest BCUT2D eigenvalue weighted by Crippen LogP contribution is 2.23. The molecule has 15 heavy (non-hydrogen) atoms. The maximum absolute atomic E-state index is 11.4. The summed E-state index contributed by atoms with van der Waals surface area (Å²) in [4.78, 5) is 15.4. The molecule has 4 heteroatoms. The van der Waals surface area contributed by atoms with Crippen molar-refractivity contribution in [3.8, 4) is 0 Å². The fourth-order valence-corrected chi connectivity index (χ4v) is 1.96. The van der Waals surface area contributed by atoms with Gasteiger partial charge in [-0.25, -0.2) is 4.98 Å². The van der Waals surface area contributed by atoms with Gasteiger partial charge in [-0.3, -0.25) is 4.79 Å². The van der Waals surface area contributed by atoms with Crippen molar-refractivity contribution in [2.75, 3.05) is 6.61 Å². The molecule has 1 unspecified atom stereocenters. The molecular formula is C11H12ClNO2. The lowest BCUT2D eigenvalue weighted by molar-refractivity contribution is -0.152. The van der Waals surface area contributed by atoms with Crippen LogP contribution in [0.4, 0.5) is 0 Å². The molecule has 3 nitrogen and oxygen atoms in total. The summed E-state index contributed by atoms with van der Waals surface area (Å²) in [6.45, 7) is 0.552. The molecule has 1 aliphatic rings. The van der Waals surface area contributed by atoms with E-state index in [4.69, 9.17) is 16.3 Å². The van der Waals surface area contributed by atoms with Crippen LogP contribution in [0.3, 0.4) is 0 Å². The van der Waals surface area contributed by atoms with Crippen LogP contribution in [0.2, 0.25) is 5.15 Å². The molecule has 0 aliphatic carbocycles. The third-order valence-electron chi connectivity index (χ3n) is 2.58. The Bertz CT molecular complexity index is 367. The van der Waals surface area contributed by atoms with Gasteiger partial charge in [0.05, 0.1) is 12.5 Å². The van der Waals surface area contributed by atoms with Gasteiger partial charge in [0, 0.05) is 6.20 Å². The van der Waals surface area contributed by atoms with E-state index < -0.39 is 0 Å². The summed E-state index contributed by atoms with van der Waals surface area (Å²) >= 11 is 5.93. The Morgan fingerprint density at radius 1 is 1.60 bits per heavy atom. The Morgan fingerprint density at radius 2 is 2.47 bits per heavy atom. The number of cyclic esters (lactones) is 1. The quantitative estimate of drug-likeness (QED) is 0.572. The topological polar surface area (TPSA) is 39.2 Å². The Hall–Kier alpha value is -1.09. The molecule has 1 aliphatic heterocycles. The average molecular weight is 226 g/mol. The lowest BCUT2D eigenvalue weighted by Crippen LogP contribution is -2.25. The number of pyridine rings is 1. The van der Waals surface area contributed by atoms with E-state index in [2.05, 4.69) is 4.98 Å². The normalized spacial score (nSPS) is 21.1. The molecule has 2 heterocycles. The molecule has 0 N–H and O–H groups in total.